The second-order valence-electron chi connectivity index (χ2n) is 4.44. The first-order valence-corrected chi connectivity index (χ1v) is 6.96. The van der Waals surface area contributed by atoms with E-state index < -0.39 is 0 Å². The van der Waals surface area contributed by atoms with Gasteiger partial charge in [-0.2, -0.15) is 0 Å². The van der Waals surface area contributed by atoms with E-state index in [1.165, 1.54) is 21.7 Å². The first-order valence-electron chi connectivity index (χ1n) is 6.08. The molecule has 0 aliphatic rings. The van der Waals surface area contributed by atoms with Crippen molar-refractivity contribution in [1.29, 1.82) is 0 Å². The van der Waals surface area contributed by atoms with Crippen LogP contribution < -0.4 is 5.32 Å². The Bertz CT molecular complexity index is 474. The van der Waals surface area contributed by atoms with Crippen LogP contribution in [0.1, 0.15) is 35.4 Å². The summed E-state index contributed by atoms with van der Waals surface area (Å²) in [5.74, 6) is 0. The van der Waals surface area contributed by atoms with Crippen molar-refractivity contribution in [3.63, 3.8) is 0 Å². The third-order valence-corrected chi connectivity index (χ3v) is 3.99. The molecule has 2 rings (SSSR count). The number of rotatable bonds is 4. The first-order chi connectivity index (χ1) is 8.20. The van der Waals surface area contributed by atoms with E-state index in [0.29, 0.717) is 6.04 Å². The van der Waals surface area contributed by atoms with E-state index in [2.05, 4.69) is 61.8 Å². The van der Waals surface area contributed by atoms with E-state index in [1.54, 1.807) is 0 Å². The fraction of sp³-hybridized carbons (Fsp3) is 0.333. The molecule has 2 heteroatoms. The maximum Gasteiger partial charge on any atom is 0.0604 e. The van der Waals surface area contributed by atoms with E-state index in [4.69, 9.17) is 0 Å². The molecule has 0 amide bonds. The van der Waals surface area contributed by atoms with Crippen molar-refractivity contribution in [1.82, 2.24) is 0 Å². The lowest BCUT2D eigenvalue weighted by atomic mass is 10.1. The maximum atomic E-state index is 3.64. The van der Waals surface area contributed by atoms with Crippen LogP contribution in [0.4, 0.5) is 5.69 Å². The largest absolute Gasteiger partial charge is 0.377 e. The Hall–Kier alpha value is -1.28. The van der Waals surface area contributed by atoms with Gasteiger partial charge in [0.2, 0.25) is 0 Å². The number of benzene rings is 1. The molecule has 0 bridgehead atoms. The van der Waals surface area contributed by atoms with Gasteiger partial charge in [-0.25, -0.2) is 0 Å². The fourth-order valence-corrected chi connectivity index (χ4v) is 2.89. The predicted octanol–water partition coefficient (Wildman–Crippen LogP) is 4.93. The van der Waals surface area contributed by atoms with Gasteiger partial charge in [-0.1, -0.05) is 30.7 Å². The molecular formula is C15H19NS. The molecule has 0 radical (unpaired) electrons. The van der Waals surface area contributed by atoms with Gasteiger partial charge in [0.25, 0.3) is 0 Å². The van der Waals surface area contributed by atoms with Crippen LogP contribution in [-0.4, -0.2) is 0 Å². The first kappa shape index (κ1) is 12.2. The topological polar surface area (TPSA) is 12.0 Å². The minimum absolute atomic E-state index is 0.427. The average molecular weight is 245 g/mol. The van der Waals surface area contributed by atoms with Gasteiger partial charge in [0, 0.05) is 10.6 Å². The van der Waals surface area contributed by atoms with E-state index in [-0.39, 0.29) is 0 Å². The molecule has 0 spiro atoms. The summed E-state index contributed by atoms with van der Waals surface area (Å²) >= 11 is 1.82. The average Bonchev–Trinajstić information content (AvgIpc) is 2.81. The normalized spacial score (nSPS) is 12.4. The molecule has 1 unspecified atom stereocenters. The molecule has 1 aromatic heterocycles. The summed E-state index contributed by atoms with van der Waals surface area (Å²) in [6.45, 7) is 6.52. The smallest absolute Gasteiger partial charge is 0.0604 e. The molecule has 1 nitrogen and oxygen atoms in total. The van der Waals surface area contributed by atoms with Crippen LogP contribution in [-0.2, 0) is 0 Å². The summed E-state index contributed by atoms with van der Waals surface area (Å²) < 4.78 is 0. The van der Waals surface area contributed by atoms with Gasteiger partial charge in [0.1, 0.15) is 0 Å². The maximum absolute atomic E-state index is 3.64. The number of hydrogen-bond donors (Lipinski definition) is 1. The van der Waals surface area contributed by atoms with E-state index in [1.807, 2.05) is 11.3 Å². The molecule has 1 atom stereocenters. The van der Waals surface area contributed by atoms with Gasteiger partial charge in [0.05, 0.1) is 6.04 Å². The van der Waals surface area contributed by atoms with Crippen LogP contribution in [0.25, 0.3) is 0 Å². The quantitative estimate of drug-likeness (QED) is 0.805. The summed E-state index contributed by atoms with van der Waals surface area (Å²) in [6, 6.07) is 11.3. The summed E-state index contributed by atoms with van der Waals surface area (Å²) in [7, 11) is 0. The minimum Gasteiger partial charge on any atom is -0.377 e. The van der Waals surface area contributed by atoms with E-state index >= 15 is 0 Å². The lowest BCUT2D eigenvalue weighted by Gasteiger charge is -2.18. The summed E-state index contributed by atoms with van der Waals surface area (Å²) in [5.41, 5.74) is 3.88. The van der Waals surface area contributed by atoms with Gasteiger partial charge >= 0.3 is 0 Å². The molecule has 0 saturated carbocycles. The van der Waals surface area contributed by atoms with Gasteiger partial charge in [-0.15, -0.1) is 11.3 Å². The Balaban J connectivity index is 2.19. The lowest BCUT2D eigenvalue weighted by Crippen LogP contribution is -2.09. The van der Waals surface area contributed by atoms with Gasteiger partial charge < -0.3 is 5.32 Å². The lowest BCUT2D eigenvalue weighted by molar-refractivity contribution is 0.763. The van der Waals surface area contributed by atoms with Crippen molar-refractivity contribution in [2.45, 2.75) is 33.2 Å². The van der Waals surface area contributed by atoms with Crippen molar-refractivity contribution in [3.05, 3.63) is 51.7 Å². The summed E-state index contributed by atoms with van der Waals surface area (Å²) in [4.78, 5) is 1.41. The monoisotopic (exact) mass is 245 g/mol. The second kappa shape index (κ2) is 5.37. The van der Waals surface area contributed by atoms with Gasteiger partial charge in [0.15, 0.2) is 0 Å². The molecule has 0 aliphatic heterocycles. The van der Waals surface area contributed by atoms with Crippen LogP contribution in [0.5, 0.6) is 0 Å². The second-order valence-corrected chi connectivity index (χ2v) is 5.42. The predicted molar refractivity (Wildman–Crippen MR) is 76.9 cm³/mol. The molecule has 1 aromatic carbocycles. The van der Waals surface area contributed by atoms with Crippen LogP contribution in [0.15, 0.2) is 35.7 Å². The van der Waals surface area contributed by atoms with Crippen LogP contribution in [0.2, 0.25) is 0 Å². The molecule has 2 aromatic rings. The fourth-order valence-electron chi connectivity index (χ4n) is 2.03. The Kier molecular flexibility index (Phi) is 3.85. The van der Waals surface area contributed by atoms with Crippen molar-refractivity contribution in [3.8, 4) is 0 Å². The summed E-state index contributed by atoms with van der Waals surface area (Å²) in [5, 5.41) is 5.78. The molecule has 0 aliphatic carbocycles. The highest BCUT2D eigenvalue weighted by Crippen LogP contribution is 2.27. The standard InChI is InChI=1S/C15H19NS/c1-4-13(15-6-5-9-17-15)16-14-8-7-11(2)10-12(14)3/h5-10,13,16H,4H2,1-3H3. The Morgan fingerprint density at radius 1 is 1.24 bits per heavy atom. The molecule has 1 heterocycles. The Labute approximate surface area is 108 Å². The zero-order valence-electron chi connectivity index (χ0n) is 10.7. The highest BCUT2D eigenvalue weighted by atomic mass is 32.1. The third-order valence-electron chi connectivity index (χ3n) is 3.01. The van der Waals surface area contributed by atoms with Crippen molar-refractivity contribution < 1.29 is 0 Å². The van der Waals surface area contributed by atoms with E-state index in [0.717, 1.165) is 6.42 Å². The van der Waals surface area contributed by atoms with Crippen molar-refractivity contribution in [2.75, 3.05) is 5.32 Å². The van der Waals surface area contributed by atoms with Gasteiger partial charge in [-0.05, 0) is 43.3 Å². The number of aryl methyl sites for hydroxylation is 2. The van der Waals surface area contributed by atoms with Crippen LogP contribution in [0, 0.1) is 13.8 Å². The molecule has 17 heavy (non-hydrogen) atoms. The number of anilines is 1. The molecule has 0 fully saturated rings. The number of thiophene rings is 1. The molecule has 90 valence electrons. The van der Waals surface area contributed by atoms with Crippen molar-refractivity contribution in [2.24, 2.45) is 0 Å². The number of hydrogen-bond acceptors (Lipinski definition) is 2. The highest BCUT2D eigenvalue weighted by Gasteiger charge is 2.10. The third kappa shape index (κ3) is 2.89. The minimum atomic E-state index is 0.427. The zero-order valence-corrected chi connectivity index (χ0v) is 11.5. The van der Waals surface area contributed by atoms with Crippen LogP contribution in [0.3, 0.4) is 0 Å². The van der Waals surface area contributed by atoms with E-state index in [9.17, 15) is 0 Å². The molecule has 1 N–H and O–H groups in total. The molecule has 0 saturated heterocycles. The van der Waals surface area contributed by atoms with Crippen LogP contribution >= 0.6 is 11.3 Å². The Morgan fingerprint density at radius 3 is 2.65 bits per heavy atom. The zero-order chi connectivity index (χ0) is 12.3. The number of nitrogens with one attached hydrogen (secondary N) is 1. The highest BCUT2D eigenvalue weighted by molar-refractivity contribution is 7.10. The Morgan fingerprint density at radius 2 is 2.06 bits per heavy atom. The summed E-state index contributed by atoms with van der Waals surface area (Å²) in [6.07, 6.45) is 1.10. The SMILES string of the molecule is CCC(Nc1ccc(C)cc1C)c1cccs1. The van der Waals surface area contributed by atoms with Gasteiger partial charge in [-0.3, -0.25) is 0 Å². The molecular weight excluding hydrogens is 226 g/mol. The van der Waals surface area contributed by atoms with Crippen molar-refractivity contribution >= 4 is 17.0 Å².